The van der Waals surface area contributed by atoms with Crippen LogP contribution in [-0.4, -0.2) is 84.5 Å². The van der Waals surface area contributed by atoms with Crippen LogP contribution < -0.4 is 25.8 Å². The second-order valence-corrected chi connectivity index (χ2v) is 14.8. The number of anilines is 2. The third kappa shape index (κ3) is 7.83. The molecule has 0 aliphatic carbocycles. The highest BCUT2D eigenvalue weighted by atomic mass is 35.5. The third-order valence-corrected chi connectivity index (χ3v) is 11.5. The van der Waals surface area contributed by atoms with Crippen LogP contribution >= 0.6 is 11.6 Å². The molecule has 3 aliphatic rings. The van der Waals surface area contributed by atoms with Gasteiger partial charge in [0.2, 0.25) is 17.7 Å². The first-order chi connectivity index (χ1) is 24.8. The number of carbonyl (C=O) groups excluding carboxylic acids is 3. The van der Waals surface area contributed by atoms with Gasteiger partial charge in [0, 0.05) is 93.8 Å². The maximum atomic E-state index is 15.7. The summed E-state index contributed by atoms with van der Waals surface area (Å²) >= 11 is 6.68. The molecule has 1 unspecified atom stereocenters. The molecule has 11 nitrogen and oxygen atoms in total. The van der Waals surface area contributed by atoms with Crippen molar-refractivity contribution in [2.45, 2.75) is 71.0 Å². The zero-order valence-corrected chi connectivity index (χ0v) is 31.3. The Balaban J connectivity index is 1.00. The number of nitrogens with one attached hydrogen (secondary N) is 2. The summed E-state index contributed by atoms with van der Waals surface area (Å²) in [6.45, 7) is 6.94. The monoisotopic (exact) mass is 734 g/mol. The fourth-order valence-electron chi connectivity index (χ4n) is 7.78. The zero-order valence-electron chi connectivity index (χ0n) is 30.6. The number of nitrogens with zero attached hydrogens (tertiary/aromatic N) is 4. The van der Waals surface area contributed by atoms with Crippen molar-refractivity contribution in [3.63, 3.8) is 0 Å². The van der Waals surface area contributed by atoms with Crippen molar-refractivity contribution in [3.05, 3.63) is 74.4 Å². The summed E-state index contributed by atoms with van der Waals surface area (Å²) in [5.41, 5.74) is 4.95. The first kappa shape index (κ1) is 37.3. The smallest absolute Gasteiger partial charge is 0.253 e. The number of methoxy groups -OCH3 is 1. The number of carbonyl (C=O) groups is 3. The molecule has 0 saturated carbocycles. The van der Waals surface area contributed by atoms with Crippen molar-refractivity contribution in [3.8, 4) is 16.9 Å². The summed E-state index contributed by atoms with van der Waals surface area (Å²) in [7, 11) is 5.15. The molecule has 3 aliphatic heterocycles. The van der Waals surface area contributed by atoms with Crippen LogP contribution in [0.4, 0.5) is 15.8 Å². The maximum Gasteiger partial charge on any atom is 0.253 e. The molecule has 3 saturated heterocycles. The van der Waals surface area contributed by atoms with E-state index in [-0.39, 0.29) is 41.1 Å². The number of likely N-dealkylation sites (tertiary alicyclic amines) is 1. The highest BCUT2D eigenvalue weighted by Crippen LogP contribution is 2.35. The number of amides is 3. The van der Waals surface area contributed by atoms with Crippen LogP contribution in [0.15, 0.2) is 41.3 Å². The number of halogens is 2. The molecule has 1 atom stereocenters. The number of benzene rings is 2. The molecule has 2 N–H and O–H groups in total. The Morgan fingerprint density at radius 1 is 1.02 bits per heavy atom. The van der Waals surface area contributed by atoms with Gasteiger partial charge in [0.05, 0.1) is 17.8 Å². The summed E-state index contributed by atoms with van der Waals surface area (Å²) in [5.74, 6) is -0.357. The fourth-order valence-corrected chi connectivity index (χ4v) is 8.08. The van der Waals surface area contributed by atoms with Crippen LogP contribution in [0, 0.1) is 25.6 Å². The van der Waals surface area contributed by atoms with Crippen LogP contribution in [0.3, 0.4) is 0 Å². The molecule has 6 rings (SSSR count). The van der Waals surface area contributed by atoms with Gasteiger partial charge >= 0.3 is 0 Å². The SMILES string of the molecule is COc1cc(-c2cn(C)c(=O)c(C)c2C)cc(F)c1CN1CCC(N(C)C(=O)C2CCN(c3ccc(NC4CCC(=O)NC4=O)cc3Cl)CC2)CC1. The average molecular weight is 735 g/mol. The molecule has 0 radical (unpaired) electrons. The van der Waals surface area contributed by atoms with Crippen LogP contribution in [0.5, 0.6) is 5.75 Å². The summed E-state index contributed by atoms with van der Waals surface area (Å²) in [5, 5.41) is 6.09. The van der Waals surface area contributed by atoms with E-state index in [4.69, 9.17) is 16.3 Å². The Kier molecular flexibility index (Phi) is 11.3. The van der Waals surface area contributed by atoms with E-state index >= 15 is 4.39 Å². The number of pyridine rings is 1. The maximum absolute atomic E-state index is 15.7. The van der Waals surface area contributed by atoms with E-state index < -0.39 is 6.04 Å². The molecule has 1 aromatic heterocycles. The minimum atomic E-state index is -0.482. The predicted molar refractivity (Wildman–Crippen MR) is 200 cm³/mol. The predicted octanol–water partition coefficient (Wildman–Crippen LogP) is 5.03. The normalized spacial score (nSPS) is 19.1. The highest BCUT2D eigenvalue weighted by Gasteiger charge is 2.33. The molecule has 4 heterocycles. The minimum absolute atomic E-state index is 0.0668. The van der Waals surface area contributed by atoms with Gasteiger partial charge in [-0.1, -0.05) is 11.6 Å². The van der Waals surface area contributed by atoms with E-state index in [0.717, 1.165) is 55.6 Å². The third-order valence-electron chi connectivity index (χ3n) is 11.2. The second-order valence-electron chi connectivity index (χ2n) is 14.4. The van der Waals surface area contributed by atoms with E-state index in [0.29, 0.717) is 65.6 Å². The molecule has 13 heteroatoms. The molecular weight excluding hydrogens is 687 g/mol. The van der Waals surface area contributed by atoms with Gasteiger partial charge in [-0.05, 0) is 87.4 Å². The molecule has 52 heavy (non-hydrogen) atoms. The Bertz CT molecular complexity index is 1920. The van der Waals surface area contributed by atoms with Gasteiger partial charge in [-0.3, -0.25) is 29.4 Å². The Morgan fingerprint density at radius 2 is 1.73 bits per heavy atom. The molecular formula is C39H48ClFN6O5. The molecule has 3 aromatic rings. The lowest BCUT2D eigenvalue weighted by molar-refractivity contribution is -0.138. The van der Waals surface area contributed by atoms with E-state index in [1.807, 2.05) is 37.1 Å². The number of rotatable bonds is 9. The van der Waals surface area contributed by atoms with Crippen LogP contribution in [-0.2, 0) is 28.0 Å². The van der Waals surface area contributed by atoms with E-state index in [1.165, 1.54) is 10.6 Å². The summed E-state index contributed by atoms with van der Waals surface area (Å²) in [6, 6.07) is 8.63. The van der Waals surface area contributed by atoms with Gasteiger partial charge in [-0.25, -0.2) is 4.39 Å². The molecule has 0 spiro atoms. The van der Waals surface area contributed by atoms with Crippen LogP contribution in [0.2, 0.25) is 5.02 Å². The molecule has 0 bridgehead atoms. The van der Waals surface area contributed by atoms with Crippen molar-refractivity contribution in [2.75, 3.05) is 50.6 Å². The summed E-state index contributed by atoms with van der Waals surface area (Å²) in [4.78, 5) is 56.0. The number of hydrogen-bond donors (Lipinski definition) is 2. The average Bonchev–Trinajstić information content (AvgIpc) is 3.14. The van der Waals surface area contributed by atoms with E-state index in [2.05, 4.69) is 20.4 Å². The lowest BCUT2D eigenvalue weighted by atomic mass is 9.93. The number of aromatic nitrogens is 1. The Morgan fingerprint density at radius 3 is 2.38 bits per heavy atom. The second kappa shape index (κ2) is 15.7. The molecule has 3 fully saturated rings. The first-order valence-corrected chi connectivity index (χ1v) is 18.4. The lowest BCUT2D eigenvalue weighted by Gasteiger charge is -2.40. The largest absolute Gasteiger partial charge is 0.496 e. The van der Waals surface area contributed by atoms with Crippen molar-refractivity contribution in [1.82, 2.24) is 19.7 Å². The number of hydrogen-bond acceptors (Lipinski definition) is 8. The van der Waals surface area contributed by atoms with Gasteiger partial charge in [0.15, 0.2) is 0 Å². The molecule has 3 amide bonds. The number of piperidine rings is 3. The van der Waals surface area contributed by atoms with Crippen molar-refractivity contribution in [2.24, 2.45) is 13.0 Å². The molecule has 278 valence electrons. The van der Waals surface area contributed by atoms with Crippen molar-refractivity contribution < 1.29 is 23.5 Å². The topological polar surface area (TPSA) is 116 Å². The summed E-state index contributed by atoms with van der Waals surface area (Å²) in [6.07, 6.45) is 5.52. The molecule has 2 aromatic carbocycles. The quantitative estimate of drug-likeness (QED) is 0.295. The van der Waals surface area contributed by atoms with Gasteiger partial charge in [0.25, 0.3) is 5.56 Å². The zero-order chi connectivity index (χ0) is 37.3. The van der Waals surface area contributed by atoms with Gasteiger partial charge in [0.1, 0.15) is 17.6 Å². The van der Waals surface area contributed by atoms with E-state index in [1.54, 1.807) is 33.3 Å². The number of ether oxygens (including phenoxy) is 1. The first-order valence-electron chi connectivity index (χ1n) is 18.0. The standard InChI is InChI=1S/C39H48ClFN6O5/c1-23-24(2)38(50)44(3)21-29(23)26-18-32(41)30(35(19-26)52-5)22-46-14-12-28(13-15-46)45(4)39(51)25-10-16-47(17-11-25)34-8-6-27(20-31(34)40)42-33-7-9-36(48)43-37(33)49/h6,8,18-21,25,28,33,42H,7,9-17,22H2,1-5H3,(H,43,48,49). The van der Waals surface area contributed by atoms with Gasteiger partial charge < -0.3 is 24.4 Å². The fraction of sp³-hybridized carbons (Fsp3) is 0.487. The lowest BCUT2D eigenvalue weighted by Crippen LogP contribution is -2.49. The van der Waals surface area contributed by atoms with E-state index in [9.17, 15) is 19.2 Å². The highest BCUT2D eigenvalue weighted by molar-refractivity contribution is 6.33. The minimum Gasteiger partial charge on any atom is -0.496 e. The Hall–Kier alpha value is -4.42. The number of aryl methyl sites for hydroxylation is 1. The van der Waals surface area contributed by atoms with Crippen LogP contribution in [0.1, 0.15) is 55.2 Å². The van der Waals surface area contributed by atoms with Crippen molar-refractivity contribution >= 4 is 40.7 Å². The van der Waals surface area contributed by atoms with Crippen LogP contribution in [0.25, 0.3) is 11.1 Å². The number of imide groups is 1. The Labute approximate surface area is 309 Å². The van der Waals surface area contributed by atoms with Gasteiger partial charge in [-0.15, -0.1) is 0 Å². The summed E-state index contributed by atoms with van der Waals surface area (Å²) < 4.78 is 22.9. The van der Waals surface area contributed by atoms with Gasteiger partial charge in [-0.2, -0.15) is 0 Å². The van der Waals surface area contributed by atoms with Crippen molar-refractivity contribution in [1.29, 1.82) is 0 Å².